The quantitative estimate of drug-likeness (QED) is 0.814. The van der Waals surface area contributed by atoms with Gasteiger partial charge in [0.1, 0.15) is 0 Å². The Morgan fingerprint density at radius 2 is 2.26 bits per heavy atom. The van der Waals surface area contributed by atoms with Gasteiger partial charge in [-0.25, -0.2) is 0 Å². The van der Waals surface area contributed by atoms with Gasteiger partial charge in [0.25, 0.3) is 0 Å². The number of halogens is 1. The van der Waals surface area contributed by atoms with E-state index in [0.29, 0.717) is 6.61 Å². The molecule has 2 rings (SSSR count). The Hall–Kier alpha value is -0.940. The molecule has 0 aromatic carbocycles. The third kappa shape index (κ3) is 3.76. The van der Waals surface area contributed by atoms with Crippen molar-refractivity contribution < 1.29 is 4.74 Å². The van der Waals surface area contributed by atoms with Crippen molar-refractivity contribution in [1.29, 1.82) is 0 Å². The van der Waals surface area contributed by atoms with Crippen LogP contribution in [0.5, 0.6) is 0 Å². The lowest BCUT2D eigenvalue weighted by Crippen LogP contribution is -2.28. The molecule has 0 saturated carbocycles. The fourth-order valence-electron chi connectivity index (χ4n) is 1.94. The molecule has 0 N–H and O–H groups in total. The summed E-state index contributed by atoms with van der Waals surface area (Å²) in [4.78, 5) is 7.80. The maximum absolute atomic E-state index is 6.15. The molecule has 0 radical (unpaired) electrons. The lowest BCUT2D eigenvalue weighted by atomic mass is 10.1. The van der Waals surface area contributed by atoms with Gasteiger partial charge in [0.2, 0.25) is 0 Å². The van der Waals surface area contributed by atoms with Crippen LogP contribution in [0.2, 0.25) is 5.02 Å². The number of hydrogen-bond donors (Lipinski definition) is 0. The van der Waals surface area contributed by atoms with Crippen LogP contribution in [0.1, 0.15) is 16.6 Å². The summed E-state index contributed by atoms with van der Waals surface area (Å²) < 4.78 is 5.32. The third-order valence-corrected chi connectivity index (χ3v) is 4.34. The molecule has 0 bridgehead atoms. The average Bonchev–Trinajstić information content (AvgIpc) is 2.82. The van der Waals surface area contributed by atoms with Gasteiger partial charge < -0.3 is 4.74 Å². The molecule has 19 heavy (non-hydrogen) atoms. The van der Waals surface area contributed by atoms with Crippen LogP contribution in [0, 0.1) is 0 Å². The highest BCUT2D eigenvalue weighted by Crippen LogP contribution is 2.26. The van der Waals surface area contributed by atoms with E-state index in [9.17, 15) is 0 Å². The first-order chi connectivity index (χ1) is 9.22. The van der Waals surface area contributed by atoms with Crippen molar-refractivity contribution >= 4 is 22.9 Å². The van der Waals surface area contributed by atoms with Gasteiger partial charge >= 0.3 is 0 Å². The molecular formula is C14H17ClN2OS. The Morgan fingerprint density at radius 3 is 2.84 bits per heavy atom. The summed E-state index contributed by atoms with van der Waals surface area (Å²) in [6.07, 6.45) is 1.81. The molecule has 2 aromatic heterocycles. The molecule has 0 aliphatic carbocycles. The summed E-state index contributed by atoms with van der Waals surface area (Å²) in [5.41, 5.74) is 1.01. The number of ether oxygens (including phenoxy) is 1. The highest BCUT2D eigenvalue weighted by molar-refractivity contribution is 7.10. The van der Waals surface area contributed by atoms with Gasteiger partial charge in [-0.15, -0.1) is 11.3 Å². The summed E-state index contributed by atoms with van der Waals surface area (Å²) in [6, 6.07) is 8.00. The maximum Gasteiger partial charge on any atom is 0.0758 e. The van der Waals surface area contributed by atoms with Crippen molar-refractivity contribution in [2.24, 2.45) is 0 Å². The number of hydrogen-bond acceptors (Lipinski definition) is 4. The Kier molecular flexibility index (Phi) is 5.34. The molecule has 5 heteroatoms. The van der Waals surface area contributed by atoms with Crippen molar-refractivity contribution in [3.63, 3.8) is 0 Å². The molecule has 2 heterocycles. The number of likely N-dealkylation sites (N-methyl/N-ethyl adjacent to an activating group) is 1. The van der Waals surface area contributed by atoms with E-state index in [-0.39, 0.29) is 6.04 Å². The lowest BCUT2D eigenvalue weighted by Gasteiger charge is -2.26. The van der Waals surface area contributed by atoms with Crippen LogP contribution < -0.4 is 0 Å². The zero-order valence-electron chi connectivity index (χ0n) is 11.0. The van der Waals surface area contributed by atoms with Gasteiger partial charge in [-0.1, -0.05) is 17.7 Å². The normalized spacial score (nSPS) is 12.8. The van der Waals surface area contributed by atoms with Crippen LogP contribution in [0.3, 0.4) is 0 Å². The third-order valence-electron chi connectivity index (χ3n) is 2.97. The predicted octanol–water partition coefficient (Wildman–Crippen LogP) is 3.62. The molecule has 0 fully saturated rings. The van der Waals surface area contributed by atoms with Gasteiger partial charge in [-0.2, -0.15) is 0 Å². The van der Waals surface area contributed by atoms with E-state index in [1.54, 1.807) is 18.4 Å². The van der Waals surface area contributed by atoms with Crippen LogP contribution >= 0.6 is 22.9 Å². The van der Waals surface area contributed by atoms with Gasteiger partial charge in [-0.3, -0.25) is 9.88 Å². The van der Waals surface area contributed by atoms with Crippen LogP contribution in [0.4, 0.5) is 0 Å². The zero-order valence-corrected chi connectivity index (χ0v) is 12.6. The van der Waals surface area contributed by atoms with E-state index in [1.807, 2.05) is 35.8 Å². The SMILES string of the molecule is COCC(c1ccccn1)N(C)Cc1sccc1Cl. The minimum Gasteiger partial charge on any atom is -0.383 e. The molecule has 1 unspecified atom stereocenters. The molecule has 0 aliphatic heterocycles. The monoisotopic (exact) mass is 296 g/mol. The first kappa shape index (κ1) is 14.5. The number of pyridine rings is 1. The van der Waals surface area contributed by atoms with E-state index in [1.165, 1.54) is 4.88 Å². The standard InChI is InChI=1S/C14H17ClN2OS/c1-17(9-14-11(15)6-8-19-14)13(10-18-2)12-5-3-4-7-16-12/h3-8,13H,9-10H2,1-2H3. The van der Waals surface area contributed by atoms with E-state index < -0.39 is 0 Å². The van der Waals surface area contributed by atoms with Crippen LogP contribution in [-0.4, -0.2) is 30.6 Å². The van der Waals surface area contributed by atoms with Crippen molar-refractivity contribution in [1.82, 2.24) is 9.88 Å². The fraction of sp³-hybridized carbons (Fsp3) is 0.357. The molecule has 0 aliphatic rings. The number of thiophene rings is 1. The van der Waals surface area contributed by atoms with Crippen LogP contribution in [0.15, 0.2) is 35.8 Å². The molecule has 3 nitrogen and oxygen atoms in total. The largest absolute Gasteiger partial charge is 0.383 e. The molecule has 0 amide bonds. The van der Waals surface area contributed by atoms with Crippen molar-refractivity contribution in [3.8, 4) is 0 Å². The molecule has 0 spiro atoms. The van der Waals surface area contributed by atoms with E-state index in [0.717, 1.165) is 17.3 Å². The van der Waals surface area contributed by atoms with E-state index in [2.05, 4.69) is 16.9 Å². The van der Waals surface area contributed by atoms with Crippen molar-refractivity contribution in [2.45, 2.75) is 12.6 Å². The molecule has 102 valence electrons. The highest BCUT2D eigenvalue weighted by atomic mass is 35.5. The Labute approximate surface area is 122 Å². The molecule has 0 saturated heterocycles. The number of methoxy groups -OCH3 is 1. The second kappa shape index (κ2) is 7.01. The second-order valence-electron chi connectivity index (χ2n) is 4.33. The van der Waals surface area contributed by atoms with E-state index >= 15 is 0 Å². The Bertz CT molecular complexity index is 503. The number of aromatic nitrogens is 1. The molecule has 1 atom stereocenters. The number of rotatable bonds is 6. The van der Waals surface area contributed by atoms with Crippen molar-refractivity contribution in [2.75, 3.05) is 20.8 Å². The Balaban J connectivity index is 2.13. The highest BCUT2D eigenvalue weighted by Gasteiger charge is 2.19. The van der Waals surface area contributed by atoms with Gasteiger partial charge in [-0.05, 0) is 30.6 Å². The summed E-state index contributed by atoms with van der Waals surface area (Å²) in [5.74, 6) is 0. The summed E-state index contributed by atoms with van der Waals surface area (Å²) in [5, 5.41) is 2.84. The second-order valence-corrected chi connectivity index (χ2v) is 5.74. The topological polar surface area (TPSA) is 25.4 Å². The van der Waals surface area contributed by atoms with Crippen LogP contribution in [-0.2, 0) is 11.3 Å². The minimum atomic E-state index is 0.129. The molecule has 2 aromatic rings. The van der Waals surface area contributed by atoms with E-state index in [4.69, 9.17) is 16.3 Å². The van der Waals surface area contributed by atoms with Gasteiger partial charge in [0.05, 0.1) is 23.4 Å². The van der Waals surface area contributed by atoms with Crippen LogP contribution in [0.25, 0.3) is 0 Å². The first-order valence-electron chi connectivity index (χ1n) is 6.04. The maximum atomic E-state index is 6.15. The summed E-state index contributed by atoms with van der Waals surface area (Å²) >= 11 is 7.82. The Morgan fingerprint density at radius 1 is 1.42 bits per heavy atom. The molecular weight excluding hydrogens is 280 g/mol. The summed E-state index contributed by atoms with van der Waals surface area (Å²) in [7, 11) is 3.77. The average molecular weight is 297 g/mol. The predicted molar refractivity (Wildman–Crippen MR) is 79.7 cm³/mol. The fourth-order valence-corrected chi connectivity index (χ4v) is 3.10. The van der Waals surface area contributed by atoms with Gasteiger partial charge in [0, 0.05) is 24.7 Å². The van der Waals surface area contributed by atoms with Crippen molar-refractivity contribution in [3.05, 3.63) is 51.4 Å². The smallest absolute Gasteiger partial charge is 0.0758 e. The first-order valence-corrected chi connectivity index (χ1v) is 7.30. The zero-order chi connectivity index (χ0) is 13.7. The number of nitrogens with zero attached hydrogens (tertiary/aromatic N) is 2. The minimum absolute atomic E-state index is 0.129. The summed E-state index contributed by atoms with van der Waals surface area (Å²) in [6.45, 7) is 1.40. The van der Waals surface area contributed by atoms with Gasteiger partial charge in [0.15, 0.2) is 0 Å². The lowest BCUT2D eigenvalue weighted by molar-refractivity contribution is 0.101.